The summed E-state index contributed by atoms with van der Waals surface area (Å²) in [6.45, 7) is 8.03. The zero-order chi connectivity index (χ0) is 13.0. The molecule has 0 aromatic carbocycles. The highest BCUT2D eigenvalue weighted by Crippen LogP contribution is 2.30. The molecular formula is C15H27NO2. The van der Waals surface area contributed by atoms with Crippen LogP contribution in [0.15, 0.2) is 0 Å². The van der Waals surface area contributed by atoms with Gasteiger partial charge in [-0.1, -0.05) is 13.3 Å². The van der Waals surface area contributed by atoms with Gasteiger partial charge in [0.05, 0.1) is 5.54 Å². The van der Waals surface area contributed by atoms with Crippen molar-refractivity contribution < 1.29 is 9.53 Å². The zero-order valence-electron chi connectivity index (χ0n) is 11.9. The highest BCUT2D eigenvalue weighted by molar-refractivity contribution is 5.90. The summed E-state index contributed by atoms with van der Waals surface area (Å²) in [5.74, 6) is 0.695. The number of piperidine rings is 1. The summed E-state index contributed by atoms with van der Waals surface area (Å²) in [6.07, 6.45) is 6.59. The van der Waals surface area contributed by atoms with Crippen molar-refractivity contribution >= 4 is 5.78 Å². The third-order valence-electron chi connectivity index (χ3n) is 4.87. The largest absolute Gasteiger partial charge is 0.381 e. The maximum atomic E-state index is 12.9. The molecule has 2 heterocycles. The smallest absolute Gasteiger partial charge is 0.156 e. The number of hydrogen-bond donors (Lipinski definition) is 0. The van der Waals surface area contributed by atoms with Gasteiger partial charge in [-0.3, -0.25) is 9.69 Å². The first-order valence-electron chi connectivity index (χ1n) is 7.55. The number of ketones is 1. The van der Waals surface area contributed by atoms with E-state index < -0.39 is 0 Å². The highest BCUT2D eigenvalue weighted by Gasteiger charge is 2.41. The lowest BCUT2D eigenvalue weighted by atomic mass is 9.79. The van der Waals surface area contributed by atoms with E-state index in [1.165, 1.54) is 19.3 Å². The number of carbonyl (C=O) groups excluding carboxylic acids is 1. The Bertz CT molecular complexity index is 280. The Labute approximate surface area is 111 Å². The Morgan fingerprint density at radius 1 is 1.22 bits per heavy atom. The molecule has 2 fully saturated rings. The molecule has 2 saturated heterocycles. The number of likely N-dealkylation sites (tertiary alicyclic amines) is 1. The summed E-state index contributed by atoms with van der Waals surface area (Å²) >= 11 is 0. The Morgan fingerprint density at radius 3 is 2.39 bits per heavy atom. The summed E-state index contributed by atoms with van der Waals surface area (Å²) in [5.41, 5.74) is -0.234. The van der Waals surface area contributed by atoms with Gasteiger partial charge in [0.2, 0.25) is 0 Å². The van der Waals surface area contributed by atoms with Gasteiger partial charge in [-0.2, -0.15) is 0 Å². The van der Waals surface area contributed by atoms with Crippen LogP contribution in [0.3, 0.4) is 0 Å². The molecule has 0 aromatic rings. The van der Waals surface area contributed by atoms with E-state index in [4.69, 9.17) is 4.74 Å². The molecule has 0 bridgehead atoms. The van der Waals surface area contributed by atoms with Crippen LogP contribution in [-0.4, -0.2) is 42.5 Å². The molecule has 1 atom stereocenters. The van der Waals surface area contributed by atoms with E-state index in [9.17, 15) is 4.79 Å². The van der Waals surface area contributed by atoms with Gasteiger partial charge in [-0.15, -0.1) is 0 Å². The number of Topliss-reactive ketones (excluding diaryl/α,β-unsaturated/α-hetero) is 1. The van der Waals surface area contributed by atoms with Gasteiger partial charge in [0.1, 0.15) is 0 Å². The average Bonchev–Trinajstić information content (AvgIpc) is 2.47. The van der Waals surface area contributed by atoms with Gasteiger partial charge < -0.3 is 4.74 Å². The van der Waals surface area contributed by atoms with Crippen LogP contribution in [0.2, 0.25) is 0 Å². The maximum absolute atomic E-state index is 12.9. The summed E-state index contributed by atoms with van der Waals surface area (Å²) in [7, 11) is 0. The lowest BCUT2D eigenvalue weighted by Crippen LogP contribution is -2.56. The summed E-state index contributed by atoms with van der Waals surface area (Å²) < 4.78 is 5.38. The zero-order valence-corrected chi connectivity index (χ0v) is 11.9. The van der Waals surface area contributed by atoms with E-state index in [-0.39, 0.29) is 11.5 Å². The van der Waals surface area contributed by atoms with Crippen molar-refractivity contribution in [2.75, 3.05) is 26.3 Å². The number of nitrogens with zero attached hydrogens (tertiary/aromatic N) is 1. The normalized spacial score (nSPS) is 26.8. The Balaban J connectivity index is 2.06. The van der Waals surface area contributed by atoms with Crippen LogP contribution >= 0.6 is 0 Å². The Kier molecular flexibility index (Phi) is 4.79. The number of rotatable bonds is 4. The number of ether oxygens (including phenoxy) is 1. The van der Waals surface area contributed by atoms with Crippen LogP contribution in [-0.2, 0) is 9.53 Å². The van der Waals surface area contributed by atoms with Crippen LogP contribution in [0, 0.1) is 5.92 Å². The average molecular weight is 253 g/mol. The summed E-state index contributed by atoms with van der Waals surface area (Å²) in [5, 5.41) is 0. The number of carbonyl (C=O) groups is 1. The van der Waals surface area contributed by atoms with Crippen molar-refractivity contribution in [3.8, 4) is 0 Å². The predicted molar refractivity (Wildman–Crippen MR) is 72.7 cm³/mol. The van der Waals surface area contributed by atoms with E-state index in [1.807, 2.05) is 0 Å². The van der Waals surface area contributed by atoms with E-state index in [0.717, 1.165) is 45.6 Å². The van der Waals surface area contributed by atoms with Crippen molar-refractivity contribution in [1.82, 2.24) is 4.90 Å². The lowest BCUT2D eigenvalue weighted by molar-refractivity contribution is -0.138. The number of hydrogen-bond acceptors (Lipinski definition) is 3. The van der Waals surface area contributed by atoms with Crippen molar-refractivity contribution in [2.45, 2.75) is 57.9 Å². The highest BCUT2D eigenvalue weighted by atomic mass is 16.5. The van der Waals surface area contributed by atoms with Gasteiger partial charge in [-0.05, 0) is 52.1 Å². The molecule has 3 nitrogen and oxygen atoms in total. The second-order valence-electron chi connectivity index (χ2n) is 5.93. The molecule has 0 amide bonds. The quantitative estimate of drug-likeness (QED) is 0.771. The topological polar surface area (TPSA) is 29.5 Å². The predicted octanol–water partition coefficient (Wildman–Crippen LogP) is 2.64. The van der Waals surface area contributed by atoms with E-state index in [0.29, 0.717) is 5.78 Å². The second kappa shape index (κ2) is 6.16. The molecule has 0 saturated carbocycles. The van der Waals surface area contributed by atoms with E-state index >= 15 is 0 Å². The monoisotopic (exact) mass is 253 g/mol. The minimum Gasteiger partial charge on any atom is -0.381 e. The molecule has 0 aromatic heterocycles. The molecule has 2 aliphatic rings. The second-order valence-corrected chi connectivity index (χ2v) is 5.93. The fraction of sp³-hybridized carbons (Fsp3) is 0.933. The van der Waals surface area contributed by atoms with Crippen LogP contribution < -0.4 is 0 Å². The Morgan fingerprint density at radius 2 is 1.83 bits per heavy atom. The summed E-state index contributed by atoms with van der Waals surface area (Å²) in [6, 6.07) is 0. The molecule has 0 radical (unpaired) electrons. The first-order chi connectivity index (χ1) is 8.68. The van der Waals surface area contributed by atoms with E-state index in [1.54, 1.807) is 0 Å². The van der Waals surface area contributed by atoms with Crippen molar-refractivity contribution in [3.63, 3.8) is 0 Å². The molecule has 1 unspecified atom stereocenters. The molecular weight excluding hydrogens is 226 g/mol. The lowest BCUT2D eigenvalue weighted by Gasteiger charge is -2.44. The third-order valence-corrected chi connectivity index (χ3v) is 4.87. The fourth-order valence-electron chi connectivity index (χ4n) is 3.34. The third kappa shape index (κ3) is 2.77. The minimum absolute atomic E-state index is 0.227. The first kappa shape index (κ1) is 14.0. The van der Waals surface area contributed by atoms with E-state index in [2.05, 4.69) is 18.7 Å². The molecule has 2 rings (SSSR count). The van der Waals surface area contributed by atoms with Crippen molar-refractivity contribution in [2.24, 2.45) is 5.92 Å². The van der Waals surface area contributed by atoms with Crippen LogP contribution in [0.25, 0.3) is 0 Å². The maximum Gasteiger partial charge on any atom is 0.156 e. The molecule has 3 heteroatoms. The molecule has 0 N–H and O–H groups in total. The first-order valence-corrected chi connectivity index (χ1v) is 7.55. The van der Waals surface area contributed by atoms with Gasteiger partial charge >= 0.3 is 0 Å². The van der Waals surface area contributed by atoms with Crippen LogP contribution in [0.5, 0.6) is 0 Å². The fourth-order valence-corrected chi connectivity index (χ4v) is 3.34. The van der Waals surface area contributed by atoms with Gasteiger partial charge in [0.15, 0.2) is 5.78 Å². The standard InChI is InChI=1S/C15H27NO2/c1-3-15(2,16-9-5-4-6-10-16)14(17)13-7-11-18-12-8-13/h13H,3-12H2,1-2H3. The summed E-state index contributed by atoms with van der Waals surface area (Å²) in [4.78, 5) is 15.3. The Hall–Kier alpha value is -0.410. The SMILES string of the molecule is CCC(C)(C(=O)C1CCOCC1)N1CCCCC1. The van der Waals surface area contributed by atoms with Crippen LogP contribution in [0.1, 0.15) is 52.4 Å². The molecule has 104 valence electrons. The molecule has 2 aliphatic heterocycles. The van der Waals surface area contributed by atoms with Gasteiger partial charge in [0.25, 0.3) is 0 Å². The molecule has 0 spiro atoms. The minimum atomic E-state index is -0.234. The van der Waals surface area contributed by atoms with Gasteiger partial charge in [-0.25, -0.2) is 0 Å². The van der Waals surface area contributed by atoms with Crippen molar-refractivity contribution in [1.29, 1.82) is 0 Å². The molecule has 0 aliphatic carbocycles. The van der Waals surface area contributed by atoms with Crippen LogP contribution in [0.4, 0.5) is 0 Å². The molecule has 18 heavy (non-hydrogen) atoms. The van der Waals surface area contributed by atoms with Crippen molar-refractivity contribution in [3.05, 3.63) is 0 Å². The van der Waals surface area contributed by atoms with Gasteiger partial charge in [0, 0.05) is 19.1 Å².